The van der Waals surface area contributed by atoms with Crippen molar-refractivity contribution < 1.29 is 27.8 Å². The van der Waals surface area contributed by atoms with Crippen LogP contribution in [0.5, 0.6) is 5.75 Å². The predicted molar refractivity (Wildman–Crippen MR) is 131 cm³/mol. The molecule has 3 aromatic rings. The Morgan fingerprint density at radius 3 is 2.69 bits per heavy atom. The maximum atomic E-state index is 15.2. The zero-order valence-corrected chi connectivity index (χ0v) is 20.6. The standard InChI is InChI=1S/C27H30F3N3O3/c1-15-10-21(36-3)19(16-6-8-32-23(15)16)12-33-9-7-26(13-27(29,30)14-26)11-20(33)17-4-5-18(25(34)35)22(28)24(17)31-2/h4-6,8,10,20,31-32H,7,9,11-14H2,1-3H3,(H,34,35). The van der Waals surface area contributed by atoms with E-state index in [9.17, 15) is 18.7 Å². The summed E-state index contributed by atoms with van der Waals surface area (Å²) < 4.78 is 48.9. The summed E-state index contributed by atoms with van der Waals surface area (Å²) in [6.45, 7) is 3.02. The van der Waals surface area contributed by atoms with Crippen LogP contribution in [0, 0.1) is 18.2 Å². The van der Waals surface area contributed by atoms with Gasteiger partial charge >= 0.3 is 5.97 Å². The van der Waals surface area contributed by atoms with E-state index in [2.05, 4.69) is 15.2 Å². The lowest BCUT2D eigenvalue weighted by Gasteiger charge is -2.55. The van der Waals surface area contributed by atoms with E-state index in [0.29, 0.717) is 31.5 Å². The number of aryl methyl sites for hydroxylation is 1. The number of alkyl halides is 2. The molecule has 1 aromatic heterocycles. The van der Waals surface area contributed by atoms with Crippen LogP contribution in [0.4, 0.5) is 18.9 Å². The number of benzene rings is 2. The van der Waals surface area contributed by atoms with Gasteiger partial charge in [-0.3, -0.25) is 4.90 Å². The van der Waals surface area contributed by atoms with E-state index in [1.165, 1.54) is 6.07 Å². The van der Waals surface area contributed by atoms with Crippen LogP contribution in [0.2, 0.25) is 0 Å². The highest BCUT2D eigenvalue weighted by atomic mass is 19.3. The average Bonchev–Trinajstić information content (AvgIpc) is 3.30. The van der Waals surface area contributed by atoms with E-state index in [0.717, 1.165) is 27.8 Å². The Kier molecular flexibility index (Phi) is 5.94. The molecule has 1 spiro atoms. The first-order valence-corrected chi connectivity index (χ1v) is 12.1. The van der Waals surface area contributed by atoms with Gasteiger partial charge in [0.1, 0.15) is 5.75 Å². The van der Waals surface area contributed by atoms with E-state index in [1.54, 1.807) is 20.2 Å². The second-order valence-electron chi connectivity index (χ2n) is 10.2. The molecule has 6 nitrogen and oxygen atoms in total. The molecule has 36 heavy (non-hydrogen) atoms. The maximum absolute atomic E-state index is 15.2. The van der Waals surface area contributed by atoms with Crippen molar-refractivity contribution in [2.45, 2.75) is 51.1 Å². The first kappa shape index (κ1) is 24.5. The number of aromatic amines is 1. The number of ether oxygens (including phenoxy) is 1. The van der Waals surface area contributed by atoms with Crippen LogP contribution in [0.15, 0.2) is 30.5 Å². The Balaban J connectivity index is 1.59. The molecular weight excluding hydrogens is 471 g/mol. The van der Waals surface area contributed by atoms with Crippen molar-refractivity contribution in [3.05, 3.63) is 58.5 Å². The maximum Gasteiger partial charge on any atom is 0.338 e. The van der Waals surface area contributed by atoms with Crippen molar-refractivity contribution >= 4 is 22.6 Å². The number of carboxylic acid groups (broad SMARTS) is 1. The number of carbonyl (C=O) groups is 1. The largest absolute Gasteiger partial charge is 0.496 e. The van der Waals surface area contributed by atoms with Crippen molar-refractivity contribution in [2.75, 3.05) is 26.0 Å². The molecule has 1 aliphatic heterocycles. The van der Waals surface area contributed by atoms with E-state index < -0.39 is 28.7 Å². The van der Waals surface area contributed by atoms with Gasteiger partial charge in [0.05, 0.1) is 18.4 Å². The first-order chi connectivity index (χ1) is 17.1. The third kappa shape index (κ3) is 3.99. The van der Waals surface area contributed by atoms with Gasteiger partial charge in [-0.1, -0.05) is 6.07 Å². The third-order valence-electron chi connectivity index (χ3n) is 7.97. The minimum atomic E-state index is -2.67. The zero-order valence-electron chi connectivity index (χ0n) is 20.6. The summed E-state index contributed by atoms with van der Waals surface area (Å²) in [5.41, 5.74) is 2.74. The highest BCUT2D eigenvalue weighted by Crippen LogP contribution is 2.61. The molecule has 2 aromatic carbocycles. The zero-order chi connectivity index (χ0) is 25.8. The molecule has 1 aliphatic carbocycles. The Bertz CT molecular complexity index is 1330. The SMILES string of the molecule is CNc1c(C2CC3(CCN2Cc2c(OC)cc(C)c4[nH]ccc24)CC(F)(F)C3)ccc(C(=O)O)c1F. The number of rotatable bonds is 6. The summed E-state index contributed by atoms with van der Waals surface area (Å²) >= 11 is 0. The third-order valence-corrected chi connectivity index (χ3v) is 7.97. The molecule has 5 rings (SSSR count). The molecular formula is C27H30F3N3O3. The summed E-state index contributed by atoms with van der Waals surface area (Å²) in [4.78, 5) is 17.0. The fourth-order valence-corrected chi connectivity index (χ4v) is 6.31. The van der Waals surface area contributed by atoms with Gasteiger partial charge in [-0.2, -0.15) is 0 Å². The highest BCUT2D eigenvalue weighted by Gasteiger charge is 2.58. The number of methoxy groups -OCH3 is 1. The van der Waals surface area contributed by atoms with Gasteiger partial charge in [0, 0.05) is 55.1 Å². The fraction of sp³-hybridized carbons (Fsp3) is 0.444. The van der Waals surface area contributed by atoms with E-state index in [4.69, 9.17) is 4.74 Å². The minimum Gasteiger partial charge on any atom is -0.496 e. The normalized spacial score (nSPS) is 20.9. The van der Waals surface area contributed by atoms with E-state index in [1.807, 2.05) is 25.3 Å². The molecule has 9 heteroatoms. The second-order valence-corrected chi connectivity index (χ2v) is 10.2. The summed E-state index contributed by atoms with van der Waals surface area (Å²) in [6.07, 6.45) is 2.58. The summed E-state index contributed by atoms with van der Waals surface area (Å²) in [5.74, 6) is -4.14. The Labute approximate surface area is 207 Å². The van der Waals surface area contributed by atoms with Crippen molar-refractivity contribution in [1.82, 2.24) is 9.88 Å². The van der Waals surface area contributed by atoms with Crippen LogP contribution in [-0.2, 0) is 6.54 Å². The molecule has 3 N–H and O–H groups in total. The lowest BCUT2D eigenvalue weighted by molar-refractivity contribution is -0.186. The lowest BCUT2D eigenvalue weighted by atomic mass is 9.58. The van der Waals surface area contributed by atoms with Crippen molar-refractivity contribution in [1.29, 1.82) is 0 Å². The summed E-state index contributed by atoms with van der Waals surface area (Å²) in [5, 5.41) is 13.3. The number of nitrogens with one attached hydrogen (secondary N) is 2. The number of likely N-dealkylation sites (tertiary alicyclic amines) is 1. The molecule has 192 valence electrons. The van der Waals surface area contributed by atoms with Crippen LogP contribution >= 0.6 is 0 Å². The molecule has 0 amide bonds. The summed E-state index contributed by atoms with van der Waals surface area (Å²) in [6, 6.07) is 6.47. The molecule has 2 fully saturated rings. The van der Waals surface area contributed by atoms with Crippen LogP contribution in [0.3, 0.4) is 0 Å². The average molecular weight is 502 g/mol. The second kappa shape index (κ2) is 8.73. The van der Waals surface area contributed by atoms with Gasteiger partial charge < -0.3 is 20.1 Å². The fourth-order valence-electron chi connectivity index (χ4n) is 6.31. The predicted octanol–water partition coefficient (Wildman–Crippen LogP) is 6.12. The van der Waals surface area contributed by atoms with E-state index in [-0.39, 0.29) is 24.6 Å². The number of anilines is 1. The van der Waals surface area contributed by atoms with Gasteiger partial charge in [0.2, 0.25) is 5.92 Å². The van der Waals surface area contributed by atoms with Crippen molar-refractivity contribution in [3.8, 4) is 5.75 Å². The number of hydrogen-bond acceptors (Lipinski definition) is 4. The monoisotopic (exact) mass is 501 g/mol. The molecule has 0 radical (unpaired) electrons. The Hall–Kier alpha value is -3.20. The smallest absolute Gasteiger partial charge is 0.338 e. The van der Waals surface area contributed by atoms with Crippen LogP contribution in [-0.4, -0.2) is 47.6 Å². The molecule has 2 aliphatic rings. The number of hydrogen-bond donors (Lipinski definition) is 3. The number of aromatic nitrogens is 1. The van der Waals surface area contributed by atoms with Crippen molar-refractivity contribution in [3.63, 3.8) is 0 Å². The number of carboxylic acids is 1. The van der Waals surface area contributed by atoms with E-state index >= 15 is 4.39 Å². The Morgan fingerprint density at radius 2 is 2.06 bits per heavy atom. The van der Waals surface area contributed by atoms with Crippen LogP contribution in [0.1, 0.15) is 58.8 Å². The van der Waals surface area contributed by atoms with Crippen LogP contribution in [0.25, 0.3) is 10.9 Å². The molecule has 1 unspecified atom stereocenters. The number of fused-ring (bicyclic) bond motifs is 1. The Morgan fingerprint density at radius 1 is 1.31 bits per heavy atom. The van der Waals surface area contributed by atoms with Gasteiger partial charge in [-0.05, 0) is 61.1 Å². The molecule has 0 bridgehead atoms. The molecule has 1 saturated heterocycles. The quantitative estimate of drug-likeness (QED) is 0.380. The lowest BCUT2D eigenvalue weighted by Crippen LogP contribution is -2.53. The molecule has 1 atom stereocenters. The topological polar surface area (TPSA) is 77.6 Å². The molecule has 1 saturated carbocycles. The van der Waals surface area contributed by atoms with Gasteiger partial charge in [-0.25, -0.2) is 18.0 Å². The van der Waals surface area contributed by atoms with Crippen molar-refractivity contribution in [2.24, 2.45) is 5.41 Å². The number of piperidine rings is 1. The summed E-state index contributed by atoms with van der Waals surface area (Å²) in [7, 11) is 3.16. The number of halogens is 3. The number of nitrogens with zero attached hydrogens (tertiary/aromatic N) is 1. The van der Waals surface area contributed by atoms with Crippen LogP contribution < -0.4 is 10.1 Å². The van der Waals surface area contributed by atoms with Gasteiger partial charge in [0.25, 0.3) is 0 Å². The van der Waals surface area contributed by atoms with Gasteiger partial charge in [-0.15, -0.1) is 0 Å². The highest BCUT2D eigenvalue weighted by molar-refractivity contribution is 5.90. The number of aromatic carboxylic acids is 1. The number of H-pyrrole nitrogens is 1. The minimum absolute atomic E-state index is 0.0932. The molecule has 2 heterocycles. The van der Waals surface area contributed by atoms with Gasteiger partial charge in [0.15, 0.2) is 5.82 Å². The first-order valence-electron chi connectivity index (χ1n) is 12.1.